The van der Waals surface area contributed by atoms with Gasteiger partial charge in [-0.3, -0.25) is 4.79 Å². The first kappa shape index (κ1) is 14.0. The second kappa shape index (κ2) is 6.15. The molecule has 0 aromatic heterocycles. The van der Waals surface area contributed by atoms with Crippen LogP contribution in [0.4, 0.5) is 0 Å². The Bertz CT molecular complexity index is 458. The van der Waals surface area contributed by atoms with Crippen LogP contribution in [0.1, 0.15) is 36.0 Å². The molecular formula is C14H18ClNO3. The molecule has 0 saturated heterocycles. The number of nitrogens with zero attached hydrogens (tertiary/aromatic N) is 1. The summed E-state index contributed by atoms with van der Waals surface area (Å²) in [6.45, 7) is 0.458. The summed E-state index contributed by atoms with van der Waals surface area (Å²) in [5.74, 6) is -0.0401. The smallest absolute Gasteiger partial charge is 0.258 e. The lowest BCUT2D eigenvalue weighted by Gasteiger charge is -2.28. The van der Waals surface area contributed by atoms with Crippen LogP contribution in [0.2, 0.25) is 0 Å². The molecule has 19 heavy (non-hydrogen) atoms. The van der Waals surface area contributed by atoms with Crippen LogP contribution in [0, 0.1) is 0 Å². The van der Waals surface area contributed by atoms with Gasteiger partial charge >= 0.3 is 0 Å². The van der Waals surface area contributed by atoms with Crippen molar-refractivity contribution in [3.05, 3.63) is 23.8 Å². The molecule has 0 aliphatic heterocycles. The minimum absolute atomic E-state index is 0.0293. The van der Waals surface area contributed by atoms with E-state index in [1.807, 2.05) is 0 Å². The van der Waals surface area contributed by atoms with Crippen LogP contribution in [0.15, 0.2) is 18.2 Å². The van der Waals surface area contributed by atoms with Gasteiger partial charge in [0, 0.05) is 18.5 Å². The van der Waals surface area contributed by atoms with E-state index in [0.29, 0.717) is 12.4 Å². The molecule has 4 nitrogen and oxygen atoms in total. The number of alkyl halides is 1. The molecule has 104 valence electrons. The number of carbonyl (C=O) groups is 1. The predicted molar refractivity (Wildman–Crippen MR) is 73.8 cm³/mol. The summed E-state index contributed by atoms with van der Waals surface area (Å²) in [4.78, 5) is 14.2. The second-order valence-electron chi connectivity index (χ2n) is 4.83. The standard InChI is InChI=1S/C14H18ClNO3/c15-7-8-16(10-3-1-2-4-10)14(19)12-9-11(17)5-6-13(12)18/h5-6,9-10,17-18H,1-4,7-8H2. The number of carbonyl (C=O) groups excluding carboxylic acids is 1. The maximum Gasteiger partial charge on any atom is 0.258 e. The van der Waals surface area contributed by atoms with Crippen LogP contribution in [0.25, 0.3) is 0 Å². The number of hydrogen-bond donors (Lipinski definition) is 2. The van der Waals surface area contributed by atoms with Crippen LogP contribution in [-0.2, 0) is 0 Å². The van der Waals surface area contributed by atoms with Crippen molar-refractivity contribution < 1.29 is 15.0 Å². The summed E-state index contributed by atoms with van der Waals surface area (Å²) >= 11 is 5.77. The molecule has 1 aliphatic rings. The highest BCUT2D eigenvalue weighted by molar-refractivity contribution is 6.18. The molecule has 2 N–H and O–H groups in total. The Hall–Kier alpha value is -1.42. The Morgan fingerprint density at radius 1 is 1.32 bits per heavy atom. The van der Waals surface area contributed by atoms with Gasteiger partial charge in [-0.15, -0.1) is 11.6 Å². The van der Waals surface area contributed by atoms with E-state index >= 15 is 0 Å². The normalized spacial score (nSPS) is 15.6. The van der Waals surface area contributed by atoms with Gasteiger partial charge < -0.3 is 15.1 Å². The Labute approximate surface area is 117 Å². The van der Waals surface area contributed by atoms with Crippen LogP contribution in [0.5, 0.6) is 11.5 Å². The molecule has 1 aromatic rings. The number of hydrogen-bond acceptors (Lipinski definition) is 3. The zero-order chi connectivity index (χ0) is 13.8. The van der Waals surface area contributed by atoms with Gasteiger partial charge in [0.15, 0.2) is 0 Å². The maximum atomic E-state index is 12.5. The molecule has 0 unspecified atom stereocenters. The van der Waals surface area contributed by atoms with Gasteiger partial charge in [0.25, 0.3) is 5.91 Å². The lowest BCUT2D eigenvalue weighted by atomic mass is 10.1. The highest BCUT2D eigenvalue weighted by atomic mass is 35.5. The minimum Gasteiger partial charge on any atom is -0.508 e. The number of benzene rings is 1. The highest BCUT2D eigenvalue weighted by Crippen LogP contribution is 2.28. The summed E-state index contributed by atoms with van der Waals surface area (Å²) < 4.78 is 0. The molecule has 0 radical (unpaired) electrons. The average Bonchev–Trinajstić information content (AvgIpc) is 2.92. The van der Waals surface area contributed by atoms with Gasteiger partial charge in [-0.05, 0) is 31.0 Å². The molecule has 0 atom stereocenters. The van der Waals surface area contributed by atoms with Gasteiger partial charge in [0.1, 0.15) is 11.5 Å². The van der Waals surface area contributed by atoms with Gasteiger partial charge in [-0.1, -0.05) is 12.8 Å². The highest BCUT2D eigenvalue weighted by Gasteiger charge is 2.28. The first-order valence-electron chi connectivity index (χ1n) is 6.52. The molecule has 0 heterocycles. The maximum absolute atomic E-state index is 12.5. The molecule has 1 amide bonds. The monoisotopic (exact) mass is 283 g/mol. The summed E-state index contributed by atoms with van der Waals surface area (Å²) in [6.07, 6.45) is 4.18. The van der Waals surface area contributed by atoms with Gasteiger partial charge in [0.05, 0.1) is 5.56 Å². The zero-order valence-electron chi connectivity index (χ0n) is 10.7. The first-order valence-corrected chi connectivity index (χ1v) is 7.06. The van der Waals surface area contributed by atoms with E-state index in [-0.39, 0.29) is 29.0 Å². The van der Waals surface area contributed by atoms with Crippen molar-refractivity contribution in [3.63, 3.8) is 0 Å². The molecule has 5 heteroatoms. The van der Waals surface area contributed by atoms with Crippen LogP contribution in [-0.4, -0.2) is 39.5 Å². The van der Waals surface area contributed by atoms with E-state index in [9.17, 15) is 15.0 Å². The fourth-order valence-electron chi connectivity index (χ4n) is 2.61. The van der Waals surface area contributed by atoms with Crippen molar-refractivity contribution in [1.82, 2.24) is 4.90 Å². The van der Waals surface area contributed by atoms with E-state index in [2.05, 4.69) is 0 Å². The lowest BCUT2D eigenvalue weighted by molar-refractivity contribution is 0.0691. The van der Waals surface area contributed by atoms with Crippen molar-refractivity contribution >= 4 is 17.5 Å². The van der Waals surface area contributed by atoms with Gasteiger partial charge in [0.2, 0.25) is 0 Å². The number of phenols is 2. The molecule has 1 saturated carbocycles. The van der Waals surface area contributed by atoms with Crippen molar-refractivity contribution in [3.8, 4) is 11.5 Å². The number of phenolic OH excluding ortho intramolecular Hbond substituents is 2. The van der Waals surface area contributed by atoms with Gasteiger partial charge in [-0.25, -0.2) is 0 Å². The van der Waals surface area contributed by atoms with Crippen molar-refractivity contribution in [2.24, 2.45) is 0 Å². The Morgan fingerprint density at radius 2 is 2.00 bits per heavy atom. The predicted octanol–water partition coefficient (Wildman–Crippen LogP) is 2.72. The first-order chi connectivity index (χ1) is 9.13. The Morgan fingerprint density at radius 3 is 2.63 bits per heavy atom. The molecule has 2 rings (SSSR count). The third-order valence-corrected chi connectivity index (χ3v) is 3.73. The van der Waals surface area contributed by atoms with Crippen molar-refractivity contribution in [2.75, 3.05) is 12.4 Å². The Balaban J connectivity index is 2.25. The fraction of sp³-hybridized carbons (Fsp3) is 0.500. The SMILES string of the molecule is O=C(c1cc(O)ccc1O)N(CCCl)C1CCCC1. The number of halogens is 1. The number of rotatable bonds is 4. The van der Waals surface area contributed by atoms with Crippen LogP contribution >= 0.6 is 11.6 Å². The van der Waals surface area contributed by atoms with E-state index < -0.39 is 0 Å². The number of amides is 1. The molecule has 1 aliphatic carbocycles. The average molecular weight is 284 g/mol. The number of aromatic hydroxyl groups is 2. The van der Waals surface area contributed by atoms with Crippen molar-refractivity contribution in [2.45, 2.75) is 31.7 Å². The minimum atomic E-state index is -0.263. The quantitative estimate of drug-likeness (QED) is 0.660. The molecule has 1 fully saturated rings. The van der Waals surface area contributed by atoms with Crippen LogP contribution in [0.3, 0.4) is 0 Å². The molecule has 0 spiro atoms. The van der Waals surface area contributed by atoms with E-state index in [1.54, 1.807) is 4.90 Å². The van der Waals surface area contributed by atoms with E-state index in [1.165, 1.54) is 18.2 Å². The lowest BCUT2D eigenvalue weighted by Crippen LogP contribution is -2.40. The van der Waals surface area contributed by atoms with E-state index in [0.717, 1.165) is 25.7 Å². The third kappa shape index (κ3) is 3.13. The molecule has 1 aromatic carbocycles. The Kier molecular flexibility index (Phi) is 4.53. The summed E-state index contributed by atoms with van der Waals surface area (Å²) in [7, 11) is 0. The van der Waals surface area contributed by atoms with Crippen molar-refractivity contribution in [1.29, 1.82) is 0 Å². The fourth-order valence-corrected chi connectivity index (χ4v) is 2.79. The zero-order valence-corrected chi connectivity index (χ0v) is 11.4. The third-order valence-electron chi connectivity index (χ3n) is 3.56. The van der Waals surface area contributed by atoms with E-state index in [4.69, 9.17) is 11.6 Å². The topological polar surface area (TPSA) is 60.8 Å². The summed E-state index contributed by atoms with van der Waals surface area (Å²) in [5.41, 5.74) is 0.136. The largest absolute Gasteiger partial charge is 0.508 e. The van der Waals surface area contributed by atoms with Crippen LogP contribution < -0.4 is 0 Å². The van der Waals surface area contributed by atoms with Gasteiger partial charge in [-0.2, -0.15) is 0 Å². The second-order valence-corrected chi connectivity index (χ2v) is 5.21. The molecular weight excluding hydrogens is 266 g/mol. The summed E-state index contributed by atoms with van der Waals surface area (Å²) in [6, 6.07) is 4.17. The summed E-state index contributed by atoms with van der Waals surface area (Å²) in [5, 5.41) is 19.2. The molecule has 0 bridgehead atoms.